The maximum atomic E-state index is 13.1. The van der Waals surface area contributed by atoms with E-state index in [4.69, 9.17) is 4.74 Å². The molecule has 156 valence electrons. The molecule has 2 aliphatic heterocycles. The zero-order valence-corrected chi connectivity index (χ0v) is 17.1. The van der Waals surface area contributed by atoms with Crippen molar-refractivity contribution in [3.05, 3.63) is 60.2 Å². The second-order valence-electron chi connectivity index (χ2n) is 7.72. The topological polar surface area (TPSA) is 72.6 Å². The van der Waals surface area contributed by atoms with Crippen molar-refractivity contribution in [2.45, 2.75) is 19.4 Å². The van der Waals surface area contributed by atoms with Gasteiger partial charge in [0.25, 0.3) is 5.91 Å². The minimum atomic E-state index is -0.413. The van der Waals surface area contributed by atoms with Gasteiger partial charge in [-0.3, -0.25) is 14.5 Å². The van der Waals surface area contributed by atoms with Gasteiger partial charge in [0.05, 0.1) is 24.3 Å². The van der Waals surface area contributed by atoms with Gasteiger partial charge in [0, 0.05) is 0 Å². The lowest BCUT2D eigenvalue weighted by Crippen LogP contribution is -3.28. The number of anilines is 1. The zero-order chi connectivity index (χ0) is 21.1. The van der Waals surface area contributed by atoms with Crippen LogP contribution < -0.4 is 14.7 Å². The summed E-state index contributed by atoms with van der Waals surface area (Å²) in [5.41, 5.74) is 2.18. The highest BCUT2D eigenvalue weighted by molar-refractivity contribution is 6.21. The number of hydrogen-bond acceptors (Lipinski definition) is 4. The number of amides is 2. The Morgan fingerprint density at radius 3 is 2.30 bits per heavy atom. The lowest BCUT2D eigenvalue weighted by atomic mass is 10.1. The van der Waals surface area contributed by atoms with E-state index in [-0.39, 0.29) is 24.3 Å². The molecule has 7 nitrogen and oxygen atoms in total. The second-order valence-corrected chi connectivity index (χ2v) is 7.72. The van der Waals surface area contributed by atoms with E-state index in [0.717, 1.165) is 26.2 Å². The molecule has 30 heavy (non-hydrogen) atoms. The number of hydrogen-bond donors (Lipinski definition) is 2. The van der Waals surface area contributed by atoms with Crippen molar-refractivity contribution >= 4 is 29.2 Å². The van der Waals surface area contributed by atoms with E-state index in [1.54, 1.807) is 31.2 Å². The summed E-state index contributed by atoms with van der Waals surface area (Å²) in [4.78, 5) is 41.4. The quantitative estimate of drug-likeness (QED) is 0.521. The second kappa shape index (κ2) is 8.77. The van der Waals surface area contributed by atoms with Crippen molar-refractivity contribution in [3.8, 4) is 0 Å². The molecule has 2 amide bonds. The van der Waals surface area contributed by atoms with Crippen molar-refractivity contribution in [2.24, 2.45) is 0 Å². The van der Waals surface area contributed by atoms with Crippen LogP contribution in [0, 0.1) is 0 Å². The number of ether oxygens (including phenoxy) is 1. The van der Waals surface area contributed by atoms with Gasteiger partial charge in [-0.1, -0.05) is 18.2 Å². The number of nitrogens with zero attached hydrogens (tertiary/aromatic N) is 1. The van der Waals surface area contributed by atoms with Gasteiger partial charge in [-0.25, -0.2) is 9.69 Å². The largest absolute Gasteiger partial charge is 0.462 e. The van der Waals surface area contributed by atoms with Gasteiger partial charge in [0.2, 0.25) is 5.91 Å². The van der Waals surface area contributed by atoms with E-state index in [0.29, 0.717) is 17.9 Å². The molecule has 0 aliphatic carbocycles. The number of esters is 1. The van der Waals surface area contributed by atoms with Gasteiger partial charge in [0.1, 0.15) is 31.9 Å². The number of para-hydroxylation sites is 1. The SMILES string of the molecule is CCOC(=O)c1ccc(N2C(=O)C[C@H]([NH+]3CC[NH+](c4ccccc4)CC3)C2=O)cc1. The molecule has 2 aromatic rings. The predicted octanol–water partition coefficient (Wildman–Crippen LogP) is -0.390. The molecule has 0 aromatic heterocycles. The number of rotatable bonds is 5. The van der Waals surface area contributed by atoms with Crippen LogP contribution in [0.25, 0.3) is 0 Å². The normalized spacial score (nSPS) is 24.2. The molecule has 0 unspecified atom stereocenters. The van der Waals surface area contributed by atoms with Crippen LogP contribution in [0.1, 0.15) is 23.7 Å². The average molecular weight is 409 g/mol. The van der Waals surface area contributed by atoms with Gasteiger partial charge in [0.15, 0.2) is 6.04 Å². The first-order valence-electron chi connectivity index (χ1n) is 10.5. The highest BCUT2D eigenvalue weighted by atomic mass is 16.5. The average Bonchev–Trinajstić information content (AvgIpc) is 3.08. The van der Waals surface area contributed by atoms with Crippen molar-refractivity contribution in [1.82, 2.24) is 0 Å². The number of benzene rings is 2. The van der Waals surface area contributed by atoms with Gasteiger partial charge in [-0.15, -0.1) is 0 Å². The molecule has 7 heteroatoms. The molecule has 2 saturated heterocycles. The maximum absolute atomic E-state index is 13.1. The Labute approximate surface area is 175 Å². The summed E-state index contributed by atoms with van der Waals surface area (Å²) in [5.74, 6) is -0.745. The monoisotopic (exact) mass is 409 g/mol. The summed E-state index contributed by atoms with van der Waals surface area (Å²) in [7, 11) is 0. The molecule has 4 rings (SSSR count). The van der Waals surface area contributed by atoms with Crippen molar-refractivity contribution < 1.29 is 28.9 Å². The Bertz CT molecular complexity index is 921. The van der Waals surface area contributed by atoms with Crippen LogP contribution in [0.3, 0.4) is 0 Å². The highest BCUT2D eigenvalue weighted by Gasteiger charge is 2.47. The lowest BCUT2D eigenvalue weighted by molar-refractivity contribution is -0.994. The summed E-state index contributed by atoms with van der Waals surface area (Å²) in [5, 5.41) is 0. The molecular formula is C23H27N3O4+2. The summed E-state index contributed by atoms with van der Waals surface area (Å²) < 4.78 is 4.98. The number of imide groups is 1. The first kappa shape index (κ1) is 20.3. The van der Waals surface area contributed by atoms with E-state index < -0.39 is 5.97 Å². The molecule has 2 fully saturated rings. The van der Waals surface area contributed by atoms with Crippen molar-refractivity contribution in [2.75, 3.05) is 37.7 Å². The summed E-state index contributed by atoms with van der Waals surface area (Å²) in [6, 6.07) is 16.5. The molecule has 2 aliphatic rings. The molecule has 1 atom stereocenters. The summed E-state index contributed by atoms with van der Waals surface area (Å²) in [6.07, 6.45) is 0.231. The van der Waals surface area contributed by atoms with Crippen LogP contribution in [-0.4, -0.2) is 56.6 Å². The lowest BCUT2D eigenvalue weighted by Gasteiger charge is -2.31. The minimum absolute atomic E-state index is 0.151. The van der Waals surface area contributed by atoms with Crippen LogP contribution in [0.5, 0.6) is 0 Å². The first-order valence-corrected chi connectivity index (χ1v) is 10.5. The molecule has 2 N–H and O–H groups in total. The fourth-order valence-electron chi connectivity index (χ4n) is 4.37. The standard InChI is InChI=1S/C23H25N3O4/c1-2-30-23(29)17-8-10-19(11-9-17)26-21(27)16-20(22(26)28)25-14-12-24(13-15-25)18-6-4-3-5-7-18/h3-11,20H,2,12-16H2,1H3/p+2/t20-/m0/s1. The highest BCUT2D eigenvalue weighted by Crippen LogP contribution is 2.22. The number of piperazine rings is 1. The van der Waals surface area contributed by atoms with E-state index in [9.17, 15) is 14.4 Å². The van der Waals surface area contributed by atoms with Crippen molar-refractivity contribution in [3.63, 3.8) is 0 Å². The molecule has 2 heterocycles. The van der Waals surface area contributed by atoms with E-state index in [2.05, 4.69) is 12.1 Å². The Morgan fingerprint density at radius 2 is 1.67 bits per heavy atom. The van der Waals surface area contributed by atoms with Gasteiger partial charge in [-0.2, -0.15) is 0 Å². The van der Waals surface area contributed by atoms with E-state index >= 15 is 0 Å². The third-order valence-electron chi connectivity index (χ3n) is 5.95. The Balaban J connectivity index is 1.41. The Morgan fingerprint density at radius 1 is 1.00 bits per heavy atom. The van der Waals surface area contributed by atoms with Crippen LogP contribution >= 0.6 is 0 Å². The van der Waals surface area contributed by atoms with Crippen LogP contribution in [0.4, 0.5) is 11.4 Å². The fourth-order valence-corrected chi connectivity index (χ4v) is 4.37. The smallest absolute Gasteiger partial charge is 0.338 e. The third-order valence-corrected chi connectivity index (χ3v) is 5.95. The molecule has 0 bridgehead atoms. The molecule has 0 spiro atoms. The van der Waals surface area contributed by atoms with E-state index in [1.165, 1.54) is 20.4 Å². The number of quaternary nitrogens is 2. The Hall–Kier alpha value is -3.03. The van der Waals surface area contributed by atoms with Gasteiger partial charge < -0.3 is 9.64 Å². The van der Waals surface area contributed by atoms with Crippen LogP contribution in [0.15, 0.2) is 54.6 Å². The van der Waals surface area contributed by atoms with Crippen LogP contribution in [-0.2, 0) is 14.3 Å². The number of nitrogens with one attached hydrogen (secondary N) is 2. The van der Waals surface area contributed by atoms with Gasteiger partial charge in [-0.05, 0) is 43.3 Å². The van der Waals surface area contributed by atoms with Crippen LogP contribution in [0.2, 0.25) is 0 Å². The fraction of sp³-hybridized carbons (Fsp3) is 0.348. The maximum Gasteiger partial charge on any atom is 0.338 e. The summed E-state index contributed by atoms with van der Waals surface area (Å²) in [6.45, 7) is 5.62. The molecule has 2 aromatic carbocycles. The Kier molecular flexibility index (Phi) is 5.92. The molecular weight excluding hydrogens is 382 g/mol. The number of carbonyl (C=O) groups is 3. The minimum Gasteiger partial charge on any atom is -0.462 e. The van der Waals surface area contributed by atoms with Gasteiger partial charge >= 0.3 is 5.97 Å². The predicted molar refractivity (Wildman–Crippen MR) is 111 cm³/mol. The molecule has 0 saturated carbocycles. The third kappa shape index (κ3) is 3.99. The molecule has 0 radical (unpaired) electrons. The zero-order valence-electron chi connectivity index (χ0n) is 17.1. The summed E-state index contributed by atoms with van der Waals surface area (Å²) >= 11 is 0. The first-order chi connectivity index (χ1) is 14.6. The van der Waals surface area contributed by atoms with Crippen molar-refractivity contribution in [1.29, 1.82) is 0 Å². The van der Waals surface area contributed by atoms with E-state index in [1.807, 2.05) is 18.2 Å². The number of carbonyl (C=O) groups excluding carboxylic acids is 3.